The van der Waals surface area contributed by atoms with Crippen molar-refractivity contribution in [3.8, 4) is 0 Å². The number of esters is 1. The summed E-state index contributed by atoms with van der Waals surface area (Å²) in [5.41, 5.74) is 1.02. The van der Waals surface area contributed by atoms with Crippen LogP contribution in [0, 0.1) is 10.5 Å². The van der Waals surface area contributed by atoms with Gasteiger partial charge in [0.1, 0.15) is 11.5 Å². The van der Waals surface area contributed by atoms with E-state index >= 15 is 0 Å². The van der Waals surface area contributed by atoms with Crippen LogP contribution < -0.4 is 0 Å². The highest BCUT2D eigenvalue weighted by atomic mass is 127. The fraction of sp³-hybridized carbons (Fsp3) is 0.0667. The number of aryl methyl sites for hydroxylation is 1. The predicted molar refractivity (Wildman–Crippen MR) is 83.2 cm³/mol. The average molecular weight is 379 g/mol. The highest BCUT2D eigenvalue weighted by Gasteiger charge is 2.24. The summed E-state index contributed by atoms with van der Waals surface area (Å²) < 4.78 is 11.7. The second-order valence-electron chi connectivity index (χ2n) is 4.29. The van der Waals surface area contributed by atoms with Crippen molar-refractivity contribution in [1.82, 2.24) is 0 Å². The number of rotatable bonds is 2. The van der Waals surface area contributed by atoms with E-state index in [4.69, 9.17) is 9.15 Å². The van der Waals surface area contributed by atoms with Gasteiger partial charge in [-0.1, -0.05) is 0 Å². The van der Waals surface area contributed by atoms with Crippen LogP contribution in [0.1, 0.15) is 17.1 Å². The minimum atomic E-state index is -0.465. The summed E-state index contributed by atoms with van der Waals surface area (Å²) in [5.74, 6) is 1.22. The minimum absolute atomic E-state index is 0.243. The maximum atomic E-state index is 11.8. The Labute approximate surface area is 129 Å². The molecule has 1 aromatic carbocycles. The van der Waals surface area contributed by atoms with Crippen LogP contribution in [0.15, 0.2) is 51.5 Å². The first-order chi connectivity index (χ1) is 9.61. The van der Waals surface area contributed by atoms with Crippen molar-refractivity contribution in [3.05, 3.63) is 62.7 Å². The minimum Gasteiger partial charge on any atom is -0.462 e. The molecule has 0 atom stereocenters. The van der Waals surface area contributed by atoms with Crippen molar-refractivity contribution >= 4 is 40.5 Å². The lowest BCUT2D eigenvalue weighted by Gasteiger charge is -1.98. The molecule has 1 aliphatic heterocycles. The van der Waals surface area contributed by atoms with Crippen LogP contribution in [0.4, 0.5) is 0 Å². The summed E-state index contributed by atoms with van der Waals surface area (Å²) in [7, 11) is 0. The topological polar surface area (TPSA) is 51.8 Å². The average Bonchev–Trinajstić information content (AvgIpc) is 2.98. The number of benzene rings is 1. The molecule has 5 heteroatoms. The van der Waals surface area contributed by atoms with Crippen LogP contribution >= 0.6 is 22.6 Å². The number of carbonyl (C=O) groups is 1. The zero-order valence-corrected chi connectivity index (χ0v) is 12.7. The van der Waals surface area contributed by atoms with E-state index in [1.54, 1.807) is 12.1 Å². The molecule has 0 bridgehead atoms. The van der Waals surface area contributed by atoms with Crippen molar-refractivity contribution < 1.29 is 13.9 Å². The molecule has 100 valence electrons. The Morgan fingerprint density at radius 2 is 1.90 bits per heavy atom. The third kappa shape index (κ3) is 2.67. The Morgan fingerprint density at radius 3 is 2.55 bits per heavy atom. The Hall–Kier alpha value is -1.89. The van der Waals surface area contributed by atoms with E-state index in [0.717, 1.165) is 14.9 Å². The molecular formula is C15H10INO3. The number of cyclic esters (lactones) is 1. The lowest BCUT2D eigenvalue weighted by Crippen LogP contribution is -2.05. The third-order valence-corrected chi connectivity index (χ3v) is 3.47. The molecule has 3 rings (SSSR count). The van der Waals surface area contributed by atoms with Gasteiger partial charge in [-0.05, 0) is 65.9 Å². The van der Waals surface area contributed by atoms with Gasteiger partial charge in [-0.3, -0.25) is 0 Å². The van der Waals surface area contributed by atoms with E-state index in [9.17, 15) is 4.79 Å². The number of aliphatic imine (C=N–C) groups is 1. The van der Waals surface area contributed by atoms with Gasteiger partial charge in [0.25, 0.3) is 0 Å². The largest absolute Gasteiger partial charge is 0.462 e. The molecule has 4 nitrogen and oxygen atoms in total. The van der Waals surface area contributed by atoms with Crippen LogP contribution in [0.5, 0.6) is 0 Å². The standard InChI is InChI=1S/C15H10INO3/c1-9-2-7-12(19-9)8-13-15(18)20-14(17-13)10-3-5-11(16)6-4-10/h2-8H,1H3/b13-8-. The van der Waals surface area contributed by atoms with Crippen molar-refractivity contribution in [2.75, 3.05) is 0 Å². The SMILES string of the molecule is Cc1ccc(/C=C2\N=C(c3ccc(I)cc3)OC2=O)o1. The Morgan fingerprint density at radius 1 is 1.15 bits per heavy atom. The van der Waals surface area contributed by atoms with Gasteiger partial charge in [-0.2, -0.15) is 0 Å². The van der Waals surface area contributed by atoms with Crippen LogP contribution in [0.2, 0.25) is 0 Å². The molecular weight excluding hydrogens is 369 g/mol. The maximum Gasteiger partial charge on any atom is 0.363 e. The fourth-order valence-corrected chi connectivity index (χ4v) is 2.15. The molecule has 0 aliphatic carbocycles. The zero-order valence-electron chi connectivity index (χ0n) is 10.6. The number of hydrogen-bond acceptors (Lipinski definition) is 4. The van der Waals surface area contributed by atoms with Gasteiger partial charge in [0.2, 0.25) is 5.90 Å². The number of halogens is 1. The molecule has 20 heavy (non-hydrogen) atoms. The molecule has 0 unspecified atom stereocenters. The first-order valence-electron chi connectivity index (χ1n) is 5.97. The second kappa shape index (κ2) is 5.24. The van der Waals surface area contributed by atoms with Gasteiger partial charge in [0.15, 0.2) is 5.70 Å². The lowest BCUT2D eigenvalue weighted by molar-refractivity contribution is -0.129. The Bertz CT molecular complexity index is 726. The number of ether oxygens (including phenoxy) is 1. The normalized spacial score (nSPS) is 16.4. The highest BCUT2D eigenvalue weighted by Crippen LogP contribution is 2.20. The third-order valence-electron chi connectivity index (χ3n) is 2.75. The number of carbonyl (C=O) groups excluding carboxylic acids is 1. The van der Waals surface area contributed by atoms with Crippen molar-refractivity contribution in [1.29, 1.82) is 0 Å². The second-order valence-corrected chi connectivity index (χ2v) is 5.54. The summed E-state index contributed by atoms with van der Waals surface area (Å²) >= 11 is 2.21. The van der Waals surface area contributed by atoms with Crippen molar-refractivity contribution in [3.63, 3.8) is 0 Å². The quantitative estimate of drug-likeness (QED) is 0.456. The summed E-state index contributed by atoms with van der Waals surface area (Å²) in [6.07, 6.45) is 1.58. The summed E-state index contributed by atoms with van der Waals surface area (Å²) in [4.78, 5) is 16.0. The van der Waals surface area contributed by atoms with Crippen LogP contribution in [-0.2, 0) is 9.53 Å². The van der Waals surface area contributed by atoms with E-state index in [1.807, 2.05) is 37.3 Å². The number of hydrogen-bond donors (Lipinski definition) is 0. The predicted octanol–water partition coefficient (Wildman–Crippen LogP) is 3.54. The first kappa shape index (κ1) is 13.1. The van der Waals surface area contributed by atoms with Crippen molar-refractivity contribution in [2.45, 2.75) is 6.92 Å². The molecule has 0 fully saturated rings. The van der Waals surface area contributed by atoms with E-state index < -0.39 is 5.97 Å². The summed E-state index contributed by atoms with van der Waals surface area (Å²) in [5, 5.41) is 0. The molecule has 0 saturated heterocycles. The van der Waals surface area contributed by atoms with Crippen molar-refractivity contribution in [2.24, 2.45) is 4.99 Å². The summed E-state index contributed by atoms with van der Waals surface area (Å²) in [6, 6.07) is 11.2. The number of furan rings is 1. The highest BCUT2D eigenvalue weighted by molar-refractivity contribution is 14.1. The monoisotopic (exact) mass is 379 g/mol. The van der Waals surface area contributed by atoms with E-state index in [-0.39, 0.29) is 5.70 Å². The molecule has 0 saturated carbocycles. The van der Waals surface area contributed by atoms with E-state index in [2.05, 4.69) is 27.6 Å². The Kier molecular flexibility index (Phi) is 3.43. The molecule has 0 spiro atoms. The smallest absolute Gasteiger partial charge is 0.363 e. The van der Waals surface area contributed by atoms with Gasteiger partial charge in [0, 0.05) is 15.2 Å². The maximum absolute atomic E-state index is 11.8. The molecule has 1 aliphatic rings. The first-order valence-corrected chi connectivity index (χ1v) is 7.04. The Balaban J connectivity index is 1.92. The van der Waals surface area contributed by atoms with E-state index in [1.165, 1.54) is 0 Å². The van der Waals surface area contributed by atoms with Crippen LogP contribution in [0.25, 0.3) is 6.08 Å². The van der Waals surface area contributed by atoms with Crippen LogP contribution in [-0.4, -0.2) is 11.9 Å². The number of nitrogens with zero attached hydrogens (tertiary/aromatic N) is 1. The van der Waals surface area contributed by atoms with Gasteiger partial charge in [-0.15, -0.1) is 0 Å². The lowest BCUT2D eigenvalue weighted by atomic mass is 10.2. The van der Waals surface area contributed by atoms with Gasteiger partial charge >= 0.3 is 5.97 Å². The molecule has 0 N–H and O–H groups in total. The van der Waals surface area contributed by atoms with Gasteiger partial charge in [-0.25, -0.2) is 9.79 Å². The van der Waals surface area contributed by atoms with Gasteiger partial charge in [0.05, 0.1) is 0 Å². The molecule has 0 radical (unpaired) electrons. The van der Waals surface area contributed by atoms with E-state index in [0.29, 0.717) is 11.7 Å². The summed E-state index contributed by atoms with van der Waals surface area (Å²) in [6.45, 7) is 1.84. The molecule has 1 aromatic heterocycles. The zero-order chi connectivity index (χ0) is 14.1. The van der Waals surface area contributed by atoms with Crippen LogP contribution in [0.3, 0.4) is 0 Å². The fourth-order valence-electron chi connectivity index (χ4n) is 1.79. The van der Waals surface area contributed by atoms with Gasteiger partial charge < -0.3 is 9.15 Å². The molecule has 2 heterocycles. The molecule has 0 amide bonds. The molecule has 2 aromatic rings.